The van der Waals surface area contributed by atoms with Crippen molar-refractivity contribution in [3.63, 3.8) is 0 Å². The van der Waals surface area contributed by atoms with Gasteiger partial charge in [-0.25, -0.2) is 14.2 Å². The summed E-state index contributed by atoms with van der Waals surface area (Å²) in [6.45, 7) is 5.25. The number of carbonyl (C=O) groups excluding carboxylic acids is 1. The lowest BCUT2D eigenvalue weighted by Crippen LogP contribution is -2.34. The second-order valence-corrected chi connectivity index (χ2v) is 7.63. The fourth-order valence-electron chi connectivity index (χ4n) is 2.55. The van der Waals surface area contributed by atoms with Crippen LogP contribution < -0.4 is 4.90 Å². The second-order valence-electron chi connectivity index (χ2n) is 6.71. The third kappa shape index (κ3) is 3.26. The number of ether oxygens (including phenoxy) is 1. The third-order valence-electron chi connectivity index (χ3n) is 3.58. The Morgan fingerprint density at radius 3 is 2.68 bits per heavy atom. The van der Waals surface area contributed by atoms with Crippen LogP contribution in [0.1, 0.15) is 20.8 Å². The molecule has 0 saturated carbocycles. The Kier molecular flexibility index (Phi) is 4.10. The Bertz CT molecular complexity index is 949. The smallest absolute Gasteiger partial charge is 0.414 e. The number of halogens is 2. The summed E-state index contributed by atoms with van der Waals surface area (Å²) in [4.78, 5) is 17.9. The van der Waals surface area contributed by atoms with Gasteiger partial charge in [-0.3, -0.25) is 4.90 Å². The first-order chi connectivity index (χ1) is 11.6. The van der Waals surface area contributed by atoms with E-state index in [4.69, 9.17) is 4.74 Å². The number of anilines is 1. The van der Waals surface area contributed by atoms with Crippen molar-refractivity contribution in [2.45, 2.75) is 26.4 Å². The molecule has 6 nitrogen and oxygen atoms in total. The van der Waals surface area contributed by atoms with Crippen LogP contribution in [0.4, 0.5) is 14.9 Å². The summed E-state index contributed by atoms with van der Waals surface area (Å²) in [7, 11) is 1.49. The van der Waals surface area contributed by atoms with Gasteiger partial charge in [0.2, 0.25) is 0 Å². The molecule has 25 heavy (non-hydrogen) atoms. The monoisotopic (exact) mass is 409 g/mol. The molecule has 0 aliphatic carbocycles. The Labute approximate surface area is 152 Å². The summed E-state index contributed by atoms with van der Waals surface area (Å²) < 4.78 is 21.0. The van der Waals surface area contributed by atoms with Crippen molar-refractivity contribution >= 4 is 38.6 Å². The van der Waals surface area contributed by atoms with Crippen LogP contribution in [0.2, 0.25) is 0 Å². The third-order valence-corrected chi connectivity index (χ3v) is 4.01. The van der Waals surface area contributed by atoms with Gasteiger partial charge in [0.25, 0.3) is 0 Å². The molecule has 0 atom stereocenters. The molecule has 2 aliphatic rings. The highest BCUT2D eigenvalue weighted by molar-refractivity contribution is 9.10. The number of rotatable bonds is 1. The molecule has 3 rings (SSSR count). The molecule has 1 N–H and O–H groups in total. The number of fused-ring (bicyclic) bond motifs is 3. The summed E-state index contributed by atoms with van der Waals surface area (Å²) in [6, 6.07) is 4.27. The number of aromatic nitrogens is 2. The Morgan fingerprint density at radius 2 is 2.04 bits per heavy atom. The van der Waals surface area contributed by atoms with Crippen LogP contribution in [0.3, 0.4) is 0 Å². The van der Waals surface area contributed by atoms with Crippen LogP contribution in [0, 0.1) is 5.82 Å². The minimum atomic E-state index is -0.680. The van der Waals surface area contributed by atoms with Crippen molar-refractivity contribution in [1.29, 1.82) is 0 Å². The molecule has 0 spiro atoms. The van der Waals surface area contributed by atoms with E-state index in [0.29, 0.717) is 20.9 Å². The average molecular weight is 410 g/mol. The summed E-state index contributed by atoms with van der Waals surface area (Å²) in [6.07, 6.45) is 0.812. The molecule has 2 heterocycles. The van der Waals surface area contributed by atoms with Gasteiger partial charge >= 0.3 is 6.09 Å². The molecule has 0 aromatic heterocycles. The second kappa shape index (κ2) is 5.87. The van der Waals surface area contributed by atoms with Gasteiger partial charge in [0.15, 0.2) is 5.82 Å². The largest absolute Gasteiger partial charge is 0.443 e. The molecule has 0 fully saturated rings. The Morgan fingerprint density at radius 1 is 1.36 bits per heavy atom. The molecule has 0 saturated heterocycles. The molecule has 1 aromatic carbocycles. The Hall–Kier alpha value is -2.35. The van der Waals surface area contributed by atoms with E-state index in [2.05, 4.69) is 20.9 Å². The molecule has 8 heteroatoms. The van der Waals surface area contributed by atoms with Gasteiger partial charge < -0.3 is 9.94 Å². The van der Waals surface area contributed by atoms with Crippen LogP contribution in [0.15, 0.2) is 28.9 Å². The van der Waals surface area contributed by atoms with Crippen LogP contribution in [-0.2, 0) is 4.74 Å². The standard InChI is InChI=1S/C17H17BrFN3O3/c1-17(2,3)25-16(23)21(4)13-7-10(19)6-11-12-5-9(18)8-22(24)15(12)20-14(11)13/h5-8,24H,1-4H3. The number of amides is 1. The van der Waals surface area contributed by atoms with Crippen molar-refractivity contribution in [2.24, 2.45) is 0 Å². The van der Waals surface area contributed by atoms with Crippen LogP contribution >= 0.6 is 15.9 Å². The van der Waals surface area contributed by atoms with E-state index in [1.54, 1.807) is 26.8 Å². The van der Waals surface area contributed by atoms with Crippen molar-refractivity contribution < 1.29 is 19.1 Å². The summed E-state index contributed by atoms with van der Waals surface area (Å²) in [5.41, 5.74) is 0.536. The van der Waals surface area contributed by atoms with Crippen molar-refractivity contribution in [2.75, 3.05) is 11.9 Å². The van der Waals surface area contributed by atoms with Gasteiger partial charge in [0.1, 0.15) is 11.4 Å². The van der Waals surface area contributed by atoms with Crippen LogP contribution in [0.5, 0.6) is 0 Å². The highest BCUT2D eigenvalue weighted by Crippen LogP contribution is 2.38. The van der Waals surface area contributed by atoms with E-state index in [1.807, 2.05) is 0 Å². The number of benzene rings is 1. The molecule has 0 unspecified atom stereocenters. The first-order valence-corrected chi connectivity index (χ1v) is 8.33. The van der Waals surface area contributed by atoms with Crippen LogP contribution in [0.25, 0.3) is 22.3 Å². The molecule has 0 bridgehead atoms. The van der Waals surface area contributed by atoms with E-state index < -0.39 is 17.5 Å². The van der Waals surface area contributed by atoms with Crippen molar-refractivity contribution in [3.8, 4) is 11.4 Å². The highest BCUT2D eigenvalue weighted by Gasteiger charge is 2.26. The highest BCUT2D eigenvalue weighted by atomic mass is 79.9. The van der Waals surface area contributed by atoms with Gasteiger partial charge in [-0.15, -0.1) is 0 Å². The molecule has 0 radical (unpaired) electrons. The van der Waals surface area contributed by atoms with Gasteiger partial charge in [0.05, 0.1) is 17.4 Å². The van der Waals surface area contributed by atoms with Gasteiger partial charge in [-0.05, 0) is 54.9 Å². The van der Waals surface area contributed by atoms with Gasteiger partial charge in [-0.2, -0.15) is 4.73 Å². The summed E-state index contributed by atoms with van der Waals surface area (Å²) >= 11 is 3.29. The van der Waals surface area contributed by atoms with Gasteiger partial charge in [-0.1, -0.05) is 0 Å². The number of hydrogen-bond acceptors (Lipinski definition) is 4. The van der Waals surface area contributed by atoms with E-state index in [-0.39, 0.29) is 11.5 Å². The fourth-order valence-corrected chi connectivity index (χ4v) is 2.97. The zero-order valence-electron chi connectivity index (χ0n) is 14.2. The first kappa shape index (κ1) is 17.5. The molecule has 1 amide bonds. The molecule has 2 aliphatic heterocycles. The van der Waals surface area contributed by atoms with E-state index >= 15 is 0 Å². The SMILES string of the molecule is CN(C(=O)OC(C)(C)C)c1cc(F)cc2c3cc(Br)cn(O)c-3nc12. The van der Waals surface area contributed by atoms with E-state index in [9.17, 15) is 14.4 Å². The van der Waals surface area contributed by atoms with E-state index in [0.717, 1.165) is 4.73 Å². The molecule has 132 valence electrons. The van der Waals surface area contributed by atoms with Gasteiger partial charge in [0, 0.05) is 22.5 Å². The number of nitrogens with zero attached hydrogens (tertiary/aromatic N) is 3. The molecular weight excluding hydrogens is 393 g/mol. The average Bonchev–Trinajstić information content (AvgIpc) is 2.83. The Balaban J connectivity index is 2.20. The normalized spacial score (nSPS) is 11.9. The lowest BCUT2D eigenvalue weighted by Gasteiger charge is -2.24. The molecule has 1 aromatic rings. The van der Waals surface area contributed by atoms with E-state index in [1.165, 1.54) is 30.3 Å². The maximum absolute atomic E-state index is 14.2. The number of carbonyl (C=O) groups is 1. The minimum absolute atomic E-state index is 0.261. The maximum Gasteiger partial charge on any atom is 0.414 e. The lowest BCUT2D eigenvalue weighted by molar-refractivity contribution is 0.0589. The summed E-state index contributed by atoms with van der Waals surface area (Å²) in [5, 5.41) is 10.5. The quantitative estimate of drug-likeness (QED) is 0.593. The zero-order chi connectivity index (χ0) is 18.5. The predicted octanol–water partition coefficient (Wildman–Crippen LogP) is 4.65. The minimum Gasteiger partial charge on any atom is -0.443 e. The molecular formula is C17H17BrFN3O3. The summed E-state index contributed by atoms with van der Waals surface area (Å²) in [5.74, 6) is -0.251. The fraction of sp³-hybridized carbons (Fsp3) is 0.294. The predicted molar refractivity (Wildman–Crippen MR) is 95.8 cm³/mol. The zero-order valence-corrected chi connectivity index (χ0v) is 15.8. The lowest BCUT2D eigenvalue weighted by atomic mass is 10.1. The van der Waals surface area contributed by atoms with Crippen molar-refractivity contribution in [3.05, 3.63) is 34.7 Å². The van der Waals surface area contributed by atoms with Crippen molar-refractivity contribution in [1.82, 2.24) is 9.71 Å². The first-order valence-electron chi connectivity index (χ1n) is 7.53. The number of pyridine rings is 1. The number of hydrogen-bond donors (Lipinski definition) is 1. The van der Waals surface area contributed by atoms with Crippen LogP contribution in [-0.4, -0.2) is 33.7 Å². The topological polar surface area (TPSA) is 67.6 Å². The maximum atomic E-state index is 14.2.